The van der Waals surface area contributed by atoms with E-state index in [0.717, 1.165) is 27.8 Å². The summed E-state index contributed by atoms with van der Waals surface area (Å²) in [6.07, 6.45) is 0.441. The summed E-state index contributed by atoms with van der Waals surface area (Å²) in [5.41, 5.74) is 5.31. The summed E-state index contributed by atoms with van der Waals surface area (Å²) in [4.78, 5) is 12.1. The molecule has 0 heterocycles. The van der Waals surface area contributed by atoms with Crippen LogP contribution in [0.25, 0.3) is 11.1 Å². The van der Waals surface area contributed by atoms with Crippen LogP contribution in [0.15, 0.2) is 84.9 Å². The van der Waals surface area contributed by atoms with Crippen molar-refractivity contribution < 1.29 is 19.4 Å². The van der Waals surface area contributed by atoms with Gasteiger partial charge in [-0.15, -0.1) is 0 Å². The van der Waals surface area contributed by atoms with Crippen molar-refractivity contribution in [2.75, 3.05) is 13.2 Å². The van der Waals surface area contributed by atoms with E-state index in [2.05, 4.69) is 24.3 Å². The van der Waals surface area contributed by atoms with Gasteiger partial charge in [0.2, 0.25) is 0 Å². The highest BCUT2D eigenvalue weighted by Crippen LogP contribution is 2.35. The number of carbonyl (C=O) groups excluding carboxylic acids is 1. The Morgan fingerprint density at radius 3 is 1.91 bits per heavy atom. The van der Waals surface area contributed by atoms with Crippen LogP contribution >= 0.6 is 0 Å². The van der Waals surface area contributed by atoms with Gasteiger partial charge in [0, 0.05) is 6.61 Å². The van der Waals surface area contributed by atoms with E-state index in [4.69, 9.17) is 9.47 Å². The molecular formula is C28H30O4. The summed E-state index contributed by atoms with van der Waals surface area (Å²) in [6, 6.07) is 28.1. The minimum atomic E-state index is -0.626. The molecule has 1 atom stereocenters. The third-order valence-corrected chi connectivity index (χ3v) is 5.19. The first-order valence-corrected chi connectivity index (χ1v) is 11.1. The summed E-state index contributed by atoms with van der Waals surface area (Å²) in [7, 11) is 0. The number of hydrogen-bond donors (Lipinski definition) is 1. The molecule has 32 heavy (non-hydrogen) atoms. The van der Waals surface area contributed by atoms with Crippen LogP contribution in [0.3, 0.4) is 0 Å². The number of rotatable bonds is 10. The molecule has 3 aromatic carbocycles. The molecule has 0 amide bonds. The maximum absolute atomic E-state index is 12.1. The Balaban J connectivity index is 2.02. The van der Waals surface area contributed by atoms with Crippen molar-refractivity contribution >= 4 is 17.1 Å². The molecule has 0 aliphatic rings. The van der Waals surface area contributed by atoms with Gasteiger partial charge in [0.1, 0.15) is 5.75 Å². The lowest BCUT2D eigenvalue weighted by atomic mass is 9.88. The molecule has 0 saturated carbocycles. The smallest absolute Gasteiger partial charge is 0.347 e. The number of aliphatic hydroxyl groups excluding tert-OH is 1. The lowest BCUT2D eigenvalue weighted by Crippen LogP contribution is -2.28. The zero-order valence-corrected chi connectivity index (χ0v) is 18.7. The zero-order chi connectivity index (χ0) is 22.8. The first-order valence-electron chi connectivity index (χ1n) is 11.1. The molecule has 0 bridgehead atoms. The van der Waals surface area contributed by atoms with E-state index in [1.165, 1.54) is 0 Å². The van der Waals surface area contributed by atoms with Crippen LogP contribution in [0.2, 0.25) is 0 Å². The van der Waals surface area contributed by atoms with E-state index < -0.39 is 6.10 Å². The number of carbonyl (C=O) groups is 1. The normalized spacial score (nSPS) is 12.6. The fourth-order valence-corrected chi connectivity index (χ4v) is 3.68. The second-order valence-electron chi connectivity index (χ2n) is 7.35. The van der Waals surface area contributed by atoms with Crippen molar-refractivity contribution in [3.63, 3.8) is 0 Å². The summed E-state index contributed by atoms with van der Waals surface area (Å²) < 4.78 is 11.0. The maximum Gasteiger partial charge on any atom is 0.347 e. The molecule has 1 N–H and O–H groups in total. The Bertz CT molecular complexity index is 1010. The molecule has 0 spiro atoms. The van der Waals surface area contributed by atoms with Crippen LogP contribution in [0.4, 0.5) is 0 Å². The van der Waals surface area contributed by atoms with Gasteiger partial charge in [0.25, 0.3) is 0 Å². The Morgan fingerprint density at radius 1 is 0.812 bits per heavy atom. The molecular weight excluding hydrogens is 400 g/mol. The Labute approximate surface area is 190 Å². The van der Waals surface area contributed by atoms with E-state index in [1.54, 1.807) is 6.92 Å². The van der Waals surface area contributed by atoms with Gasteiger partial charge in [-0.2, -0.15) is 0 Å². The van der Waals surface area contributed by atoms with Crippen LogP contribution in [-0.2, 0) is 9.53 Å². The molecule has 0 aliphatic carbocycles. The number of hydrogen-bond acceptors (Lipinski definition) is 4. The lowest BCUT2D eigenvalue weighted by Gasteiger charge is -2.19. The van der Waals surface area contributed by atoms with Crippen LogP contribution < -0.4 is 4.74 Å². The SMILES string of the molecule is CCOC(=O)C(CC)Oc1ccc(/C(=C(/CCO)c2ccccc2)c2ccccc2)cc1. The van der Waals surface area contributed by atoms with E-state index in [0.29, 0.717) is 25.2 Å². The van der Waals surface area contributed by atoms with E-state index in [1.807, 2.05) is 67.6 Å². The molecule has 1 unspecified atom stereocenters. The number of benzene rings is 3. The standard InChI is InChI=1S/C28H30O4/c1-3-26(28(30)31-4-2)32-24-17-15-23(16-18-24)27(22-13-9-6-10-14-22)25(19-20-29)21-11-7-5-8-12-21/h5-18,26,29H,3-4,19-20H2,1-2H3/b27-25-. The van der Waals surface area contributed by atoms with E-state index in [9.17, 15) is 9.90 Å². The third-order valence-electron chi connectivity index (χ3n) is 5.19. The molecule has 3 aromatic rings. The van der Waals surface area contributed by atoms with Crippen LogP contribution in [0.5, 0.6) is 5.75 Å². The molecule has 0 fully saturated rings. The van der Waals surface area contributed by atoms with Gasteiger partial charge in [-0.05, 0) is 59.7 Å². The van der Waals surface area contributed by atoms with Gasteiger partial charge in [-0.25, -0.2) is 4.79 Å². The van der Waals surface area contributed by atoms with E-state index >= 15 is 0 Å². The Hall–Kier alpha value is -3.37. The monoisotopic (exact) mass is 430 g/mol. The first kappa shape index (κ1) is 23.3. The highest BCUT2D eigenvalue weighted by molar-refractivity contribution is 5.98. The van der Waals surface area contributed by atoms with Crippen molar-refractivity contribution in [2.24, 2.45) is 0 Å². The number of esters is 1. The Morgan fingerprint density at radius 2 is 1.38 bits per heavy atom. The van der Waals surface area contributed by atoms with Gasteiger partial charge < -0.3 is 14.6 Å². The number of ether oxygens (including phenoxy) is 2. The molecule has 0 saturated heterocycles. The van der Waals surface area contributed by atoms with Gasteiger partial charge in [0.15, 0.2) is 6.10 Å². The predicted molar refractivity (Wildman–Crippen MR) is 128 cm³/mol. The van der Waals surface area contributed by atoms with Crippen LogP contribution in [0.1, 0.15) is 43.4 Å². The number of aliphatic hydroxyl groups is 1. The van der Waals surface area contributed by atoms with Crippen LogP contribution in [0, 0.1) is 0 Å². The average Bonchev–Trinajstić information content (AvgIpc) is 2.84. The highest BCUT2D eigenvalue weighted by atomic mass is 16.6. The Kier molecular flexibility index (Phi) is 8.64. The minimum absolute atomic E-state index is 0.0550. The molecule has 4 heteroatoms. The molecule has 0 aromatic heterocycles. The summed E-state index contributed by atoms with van der Waals surface area (Å²) in [6.45, 7) is 4.07. The minimum Gasteiger partial charge on any atom is -0.479 e. The maximum atomic E-state index is 12.1. The summed E-state index contributed by atoms with van der Waals surface area (Å²) in [5, 5.41) is 9.81. The van der Waals surface area contributed by atoms with Gasteiger partial charge in [0.05, 0.1) is 6.61 Å². The first-order chi connectivity index (χ1) is 15.7. The van der Waals surface area contributed by atoms with Crippen molar-refractivity contribution in [1.29, 1.82) is 0 Å². The fourth-order valence-electron chi connectivity index (χ4n) is 3.68. The topological polar surface area (TPSA) is 55.8 Å². The van der Waals surface area contributed by atoms with Crippen molar-refractivity contribution in [3.8, 4) is 5.75 Å². The van der Waals surface area contributed by atoms with E-state index in [-0.39, 0.29) is 12.6 Å². The third kappa shape index (κ3) is 5.86. The predicted octanol–water partition coefficient (Wildman–Crippen LogP) is 5.75. The quantitative estimate of drug-likeness (QED) is 0.329. The van der Waals surface area contributed by atoms with Crippen LogP contribution in [-0.4, -0.2) is 30.4 Å². The zero-order valence-electron chi connectivity index (χ0n) is 18.7. The van der Waals surface area contributed by atoms with Gasteiger partial charge >= 0.3 is 5.97 Å². The fraction of sp³-hybridized carbons (Fsp3) is 0.250. The molecule has 4 nitrogen and oxygen atoms in total. The highest BCUT2D eigenvalue weighted by Gasteiger charge is 2.20. The largest absolute Gasteiger partial charge is 0.479 e. The lowest BCUT2D eigenvalue weighted by molar-refractivity contribution is -0.151. The molecule has 166 valence electrons. The average molecular weight is 431 g/mol. The second kappa shape index (κ2) is 11.9. The van der Waals surface area contributed by atoms with Gasteiger partial charge in [-0.1, -0.05) is 79.7 Å². The van der Waals surface area contributed by atoms with Gasteiger partial charge in [-0.3, -0.25) is 0 Å². The molecule has 3 rings (SSSR count). The van der Waals surface area contributed by atoms with Crippen molar-refractivity contribution in [1.82, 2.24) is 0 Å². The summed E-state index contributed by atoms with van der Waals surface area (Å²) in [5.74, 6) is 0.266. The second-order valence-corrected chi connectivity index (χ2v) is 7.35. The molecule has 0 radical (unpaired) electrons. The summed E-state index contributed by atoms with van der Waals surface area (Å²) >= 11 is 0. The van der Waals surface area contributed by atoms with Crippen molar-refractivity contribution in [2.45, 2.75) is 32.8 Å². The van der Waals surface area contributed by atoms with Crippen molar-refractivity contribution in [3.05, 3.63) is 102 Å². The molecule has 0 aliphatic heterocycles.